The maximum atomic E-state index is 14.1. The zero-order chi connectivity index (χ0) is 20.5. The van der Waals surface area contributed by atoms with Gasteiger partial charge in [0.15, 0.2) is 0 Å². The highest BCUT2D eigenvalue weighted by molar-refractivity contribution is 5.97. The number of hydrogen-bond donors (Lipinski definition) is 1. The Morgan fingerprint density at radius 1 is 1.10 bits per heavy atom. The molecule has 4 rings (SSSR count). The van der Waals surface area contributed by atoms with E-state index in [1.54, 1.807) is 29.0 Å². The molecule has 152 valence electrons. The van der Waals surface area contributed by atoms with Crippen LogP contribution in [0.15, 0.2) is 42.5 Å². The summed E-state index contributed by atoms with van der Waals surface area (Å²) < 4.78 is 14.1. The highest BCUT2D eigenvalue weighted by Crippen LogP contribution is 2.29. The standard InChI is InChI=1S/C22H25FN4O2/c1-15-14-26(20-6-4-3-5-18(20)23)11-12-27(15)22(29)24-17-8-9-19-16(13-17)7-10-21(28)25(19)2/h3-6,8-9,13,15H,7,10-12,14H2,1-2H3,(H,24,29)/t15-/m1/s1. The SMILES string of the molecule is C[C@@H]1CN(c2ccccc2F)CCN1C(=O)Nc1ccc2c(c1)CCC(=O)N2C. The molecule has 1 saturated heterocycles. The molecular formula is C22H25FN4O2. The lowest BCUT2D eigenvalue weighted by atomic mass is 10.0. The predicted molar refractivity (Wildman–Crippen MR) is 112 cm³/mol. The fraction of sp³-hybridized carbons (Fsp3) is 0.364. The van der Waals surface area contributed by atoms with E-state index in [1.807, 2.05) is 36.1 Å². The number of halogens is 1. The van der Waals surface area contributed by atoms with E-state index in [-0.39, 0.29) is 23.8 Å². The van der Waals surface area contributed by atoms with Gasteiger partial charge < -0.3 is 20.0 Å². The van der Waals surface area contributed by atoms with Gasteiger partial charge in [-0.05, 0) is 49.2 Å². The second-order valence-electron chi connectivity index (χ2n) is 7.67. The first-order chi connectivity index (χ1) is 13.9. The van der Waals surface area contributed by atoms with E-state index in [4.69, 9.17) is 0 Å². The van der Waals surface area contributed by atoms with E-state index in [2.05, 4.69) is 5.32 Å². The average Bonchev–Trinajstić information content (AvgIpc) is 2.71. The number of aryl methyl sites for hydroxylation is 1. The van der Waals surface area contributed by atoms with Crippen LogP contribution in [0.25, 0.3) is 0 Å². The Bertz CT molecular complexity index is 948. The van der Waals surface area contributed by atoms with Crippen LogP contribution in [-0.4, -0.2) is 49.6 Å². The van der Waals surface area contributed by atoms with E-state index in [0.29, 0.717) is 38.2 Å². The van der Waals surface area contributed by atoms with Crippen molar-refractivity contribution < 1.29 is 14.0 Å². The first-order valence-electron chi connectivity index (χ1n) is 9.90. The summed E-state index contributed by atoms with van der Waals surface area (Å²) in [5.41, 5.74) is 3.25. The molecular weight excluding hydrogens is 371 g/mol. The van der Waals surface area contributed by atoms with Crippen LogP contribution >= 0.6 is 0 Å². The Morgan fingerprint density at radius 3 is 2.66 bits per heavy atom. The van der Waals surface area contributed by atoms with E-state index < -0.39 is 0 Å². The summed E-state index contributed by atoms with van der Waals surface area (Å²) in [4.78, 5) is 30.1. The van der Waals surface area contributed by atoms with E-state index in [0.717, 1.165) is 16.9 Å². The molecule has 3 amide bonds. The van der Waals surface area contributed by atoms with Crippen molar-refractivity contribution >= 4 is 29.0 Å². The molecule has 0 unspecified atom stereocenters. The monoisotopic (exact) mass is 396 g/mol. The number of carbonyl (C=O) groups is 2. The van der Waals surface area contributed by atoms with Gasteiger partial charge in [0.1, 0.15) is 5.82 Å². The summed E-state index contributed by atoms with van der Waals surface area (Å²) in [5, 5.41) is 2.98. The molecule has 0 spiro atoms. The van der Waals surface area contributed by atoms with E-state index in [9.17, 15) is 14.0 Å². The number of urea groups is 1. The maximum absolute atomic E-state index is 14.1. The molecule has 6 nitrogen and oxygen atoms in total. The summed E-state index contributed by atoms with van der Waals surface area (Å²) in [6.07, 6.45) is 1.16. The van der Waals surface area contributed by atoms with Crippen LogP contribution < -0.4 is 15.1 Å². The summed E-state index contributed by atoms with van der Waals surface area (Å²) in [5.74, 6) is -0.133. The van der Waals surface area contributed by atoms with Crippen molar-refractivity contribution in [3.05, 3.63) is 53.8 Å². The molecule has 2 aromatic rings. The molecule has 29 heavy (non-hydrogen) atoms. The number of rotatable bonds is 2. The van der Waals surface area contributed by atoms with Gasteiger partial charge >= 0.3 is 6.03 Å². The molecule has 2 aromatic carbocycles. The lowest BCUT2D eigenvalue weighted by molar-refractivity contribution is -0.118. The summed E-state index contributed by atoms with van der Waals surface area (Å²) >= 11 is 0. The van der Waals surface area contributed by atoms with Crippen molar-refractivity contribution in [2.24, 2.45) is 0 Å². The molecule has 0 aromatic heterocycles. The number of nitrogens with one attached hydrogen (secondary N) is 1. The van der Waals surface area contributed by atoms with Gasteiger partial charge in [-0.2, -0.15) is 0 Å². The number of nitrogens with zero attached hydrogens (tertiary/aromatic N) is 3. The van der Waals surface area contributed by atoms with Gasteiger partial charge in [-0.15, -0.1) is 0 Å². The van der Waals surface area contributed by atoms with Gasteiger partial charge in [0.25, 0.3) is 0 Å². The number of benzene rings is 2. The Labute approximate surface area is 169 Å². The van der Waals surface area contributed by atoms with Gasteiger partial charge in [-0.3, -0.25) is 4.79 Å². The maximum Gasteiger partial charge on any atom is 0.322 e. The van der Waals surface area contributed by atoms with Crippen molar-refractivity contribution in [1.29, 1.82) is 0 Å². The summed E-state index contributed by atoms with van der Waals surface area (Å²) in [7, 11) is 1.77. The Balaban J connectivity index is 1.42. The van der Waals surface area contributed by atoms with Gasteiger partial charge in [-0.25, -0.2) is 9.18 Å². The van der Waals surface area contributed by atoms with Crippen LogP contribution in [0.3, 0.4) is 0 Å². The summed E-state index contributed by atoms with van der Waals surface area (Å²) in [6, 6.07) is 12.2. The number of anilines is 3. The number of fused-ring (bicyclic) bond motifs is 1. The number of hydrogen-bond acceptors (Lipinski definition) is 3. The predicted octanol–water partition coefficient (Wildman–Crippen LogP) is 3.48. The highest BCUT2D eigenvalue weighted by atomic mass is 19.1. The number of piperazine rings is 1. The fourth-order valence-electron chi connectivity index (χ4n) is 4.12. The molecule has 0 radical (unpaired) electrons. The zero-order valence-electron chi connectivity index (χ0n) is 16.7. The van der Waals surface area contributed by atoms with Gasteiger partial charge in [0.2, 0.25) is 5.91 Å². The van der Waals surface area contributed by atoms with E-state index in [1.165, 1.54) is 6.07 Å². The normalized spacial score (nSPS) is 19.2. The Morgan fingerprint density at radius 2 is 1.90 bits per heavy atom. The lowest BCUT2D eigenvalue weighted by Gasteiger charge is -2.41. The van der Waals surface area contributed by atoms with Gasteiger partial charge in [-0.1, -0.05) is 12.1 Å². The second kappa shape index (κ2) is 7.73. The Kier molecular flexibility index (Phi) is 5.13. The minimum absolute atomic E-state index is 0.0512. The van der Waals surface area contributed by atoms with Crippen molar-refractivity contribution in [1.82, 2.24) is 4.90 Å². The first kappa shape index (κ1) is 19.2. The largest absolute Gasteiger partial charge is 0.365 e. The highest BCUT2D eigenvalue weighted by Gasteiger charge is 2.29. The first-order valence-corrected chi connectivity index (χ1v) is 9.90. The molecule has 1 fully saturated rings. The third kappa shape index (κ3) is 3.77. The van der Waals surface area contributed by atoms with Crippen molar-refractivity contribution in [3.63, 3.8) is 0 Å². The third-order valence-electron chi connectivity index (χ3n) is 5.76. The molecule has 0 saturated carbocycles. The number of carbonyl (C=O) groups excluding carboxylic acids is 2. The van der Waals surface area contributed by atoms with Crippen molar-refractivity contribution in [2.45, 2.75) is 25.8 Å². The average molecular weight is 396 g/mol. The number of amides is 3. The van der Waals surface area contributed by atoms with Gasteiger partial charge in [0.05, 0.1) is 5.69 Å². The van der Waals surface area contributed by atoms with Crippen LogP contribution in [-0.2, 0) is 11.2 Å². The minimum atomic E-state index is -0.241. The minimum Gasteiger partial charge on any atom is -0.365 e. The molecule has 7 heteroatoms. The molecule has 2 aliphatic heterocycles. The molecule has 0 bridgehead atoms. The van der Waals surface area contributed by atoms with Crippen LogP contribution in [0, 0.1) is 5.82 Å². The molecule has 1 atom stereocenters. The van der Waals surface area contributed by atoms with Crippen LogP contribution in [0.2, 0.25) is 0 Å². The molecule has 0 aliphatic carbocycles. The Hall–Kier alpha value is -3.09. The topological polar surface area (TPSA) is 55.9 Å². The van der Waals surface area contributed by atoms with Gasteiger partial charge in [0, 0.05) is 50.5 Å². The quantitative estimate of drug-likeness (QED) is 0.846. The van der Waals surface area contributed by atoms with Crippen molar-refractivity contribution in [3.8, 4) is 0 Å². The number of para-hydroxylation sites is 1. The third-order valence-corrected chi connectivity index (χ3v) is 5.76. The van der Waals surface area contributed by atoms with Crippen LogP contribution in [0.4, 0.5) is 26.2 Å². The summed E-state index contributed by atoms with van der Waals surface area (Å²) in [6.45, 7) is 3.64. The fourth-order valence-corrected chi connectivity index (χ4v) is 4.12. The lowest BCUT2D eigenvalue weighted by Crippen LogP contribution is -2.55. The van der Waals surface area contributed by atoms with Crippen molar-refractivity contribution in [2.75, 3.05) is 41.8 Å². The van der Waals surface area contributed by atoms with E-state index >= 15 is 0 Å². The molecule has 1 N–H and O–H groups in total. The zero-order valence-corrected chi connectivity index (χ0v) is 16.7. The molecule has 2 aliphatic rings. The van der Waals surface area contributed by atoms with Crippen LogP contribution in [0.5, 0.6) is 0 Å². The second-order valence-corrected chi connectivity index (χ2v) is 7.67. The smallest absolute Gasteiger partial charge is 0.322 e. The molecule has 2 heterocycles. The van der Waals surface area contributed by atoms with Crippen LogP contribution in [0.1, 0.15) is 18.9 Å².